The van der Waals surface area contributed by atoms with Crippen molar-refractivity contribution in [2.24, 2.45) is 0 Å². The van der Waals surface area contributed by atoms with Crippen LogP contribution in [-0.4, -0.2) is 28.8 Å². The molecule has 7 heteroatoms. The zero-order valence-electron chi connectivity index (χ0n) is 14.5. The maximum absolute atomic E-state index is 12.8. The summed E-state index contributed by atoms with van der Waals surface area (Å²) in [5.41, 5.74) is 0.704. The molecular weight excluding hydrogens is 343 g/mol. The molecule has 0 spiro atoms. The summed E-state index contributed by atoms with van der Waals surface area (Å²) in [5.74, 6) is 1.38. The van der Waals surface area contributed by atoms with E-state index in [1.807, 2.05) is 17.9 Å². The van der Waals surface area contributed by atoms with Gasteiger partial charge in [0.25, 0.3) is 0 Å². The molecule has 0 aliphatic carbocycles. The monoisotopic (exact) mass is 363 g/mol. The van der Waals surface area contributed by atoms with Crippen LogP contribution < -0.4 is 4.90 Å². The molecule has 2 aromatic rings. The van der Waals surface area contributed by atoms with E-state index in [9.17, 15) is 18.0 Å². The van der Waals surface area contributed by atoms with E-state index in [0.29, 0.717) is 37.3 Å². The van der Waals surface area contributed by atoms with E-state index >= 15 is 0 Å². The summed E-state index contributed by atoms with van der Waals surface area (Å²) in [4.78, 5) is 22.6. The molecule has 0 amide bonds. The van der Waals surface area contributed by atoms with Crippen LogP contribution in [0.2, 0.25) is 0 Å². The van der Waals surface area contributed by atoms with Crippen LogP contribution in [0.4, 0.5) is 19.0 Å². The Morgan fingerprint density at radius 3 is 2.31 bits per heavy atom. The Morgan fingerprint density at radius 1 is 1.08 bits per heavy atom. The minimum Gasteiger partial charge on any atom is -0.356 e. The van der Waals surface area contributed by atoms with E-state index in [2.05, 4.69) is 9.97 Å². The Hall–Kier alpha value is -2.44. The number of piperidine rings is 1. The van der Waals surface area contributed by atoms with Gasteiger partial charge < -0.3 is 4.90 Å². The molecule has 1 saturated heterocycles. The quantitative estimate of drug-likeness (QED) is 0.813. The van der Waals surface area contributed by atoms with Gasteiger partial charge in [0, 0.05) is 43.3 Å². The van der Waals surface area contributed by atoms with Crippen molar-refractivity contribution in [2.75, 3.05) is 18.0 Å². The third-order valence-corrected chi connectivity index (χ3v) is 4.39. The van der Waals surface area contributed by atoms with Gasteiger partial charge in [-0.05, 0) is 18.6 Å². The van der Waals surface area contributed by atoms with Gasteiger partial charge in [-0.2, -0.15) is 13.2 Å². The van der Waals surface area contributed by atoms with E-state index in [1.165, 1.54) is 12.1 Å². The van der Waals surface area contributed by atoms with Crippen LogP contribution in [0.1, 0.15) is 37.4 Å². The van der Waals surface area contributed by atoms with Crippen molar-refractivity contribution in [2.45, 2.75) is 38.8 Å². The predicted molar refractivity (Wildman–Crippen MR) is 92.9 cm³/mol. The van der Waals surface area contributed by atoms with E-state index < -0.39 is 11.7 Å². The molecule has 2 heterocycles. The predicted octanol–water partition coefficient (Wildman–Crippen LogP) is 4.28. The molecule has 4 nitrogen and oxygen atoms in total. The van der Waals surface area contributed by atoms with Crippen LogP contribution in [0, 0.1) is 0 Å². The van der Waals surface area contributed by atoms with E-state index in [4.69, 9.17) is 0 Å². The lowest BCUT2D eigenvalue weighted by Crippen LogP contribution is -2.34. The topological polar surface area (TPSA) is 46.1 Å². The number of benzene rings is 1. The second-order valence-corrected chi connectivity index (χ2v) is 6.39. The standard InChI is InChI=1S/C19H20F3N3O/c1-2-3-15-12-17(25-10-8-16(26)9-11-25)24-18(23-15)13-4-6-14(7-5-13)19(20,21)22/h4-7,12H,2-3,8-11H2,1H3. The Balaban J connectivity index is 1.94. The van der Waals surface area contributed by atoms with Crippen LogP contribution in [0.3, 0.4) is 0 Å². The molecule has 1 fully saturated rings. The first-order valence-electron chi connectivity index (χ1n) is 8.69. The molecule has 0 unspecified atom stereocenters. The first-order chi connectivity index (χ1) is 12.4. The van der Waals surface area contributed by atoms with Crippen LogP contribution in [0.5, 0.6) is 0 Å². The maximum atomic E-state index is 12.8. The Labute approximate surface area is 150 Å². The highest BCUT2D eigenvalue weighted by Crippen LogP contribution is 2.31. The van der Waals surface area contributed by atoms with Crippen molar-refractivity contribution >= 4 is 11.6 Å². The number of anilines is 1. The zero-order chi connectivity index (χ0) is 18.7. The highest BCUT2D eigenvalue weighted by molar-refractivity contribution is 5.80. The summed E-state index contributed by atoms with van der Waals surface area (Å²) < 4.78 is 38.3. The largest absolute Gasteiger partial charge is 0.416 e. The van der Waals surface area contributed by atoms with Gasteiger partial charge in [-0.1, -0.05) is 25.5 Å². The number of rotatable bonds is 4. The minimum atomic E-state index is -4.37. The number of carbonyl (C=O) groups is 1. The second-order valence-electron chi connectivity index (χ2n) is 6.39. The number of alkyl halides is 3. The average molecular weight is 363 g/mol. The second kappa shape index (κ2) is 7.43. The molecule has 0 radical (unpaired) electrons. The zero-order valence-corrected chi connectivity index (χ0v) is 14.5. The van der Waals surface area contributed by atoms with Gasteiger partial charge in [0.2, 0.25) is 0 Å². The van der Waals surface area contributed by atoms with Gasteiger partial charge in [0.1, 0.15) is 11.6 Å². The van der Waals surface area contributed by atoms with Crippen molar-refractivity contribution in [3.05, 3.63) is 41.6 Å². The summed E-state index contributed by atoms with van der Waals surface area (Å²) in [6.45, 7) is 3.25. The number of aryl methyl sites for hydroxylation is 1. The van der Waals surface area contributed by atoms with Crippen LogP contribution in [-0.2, 0) is 17.4 Å². The number of ketones is 1. The molecule has 0 N–H and O–H groups in total. The molecule has 1 aliphatic rings. The summed E-state index contributed by atoms with van der Waals surface area (Å²) in [6, 6.07) is 6.80. The van der Waals surface area contributed by atoms with Crippen molar-refractivity contribution in [3.8, 4) is 11.4 Å². The van der Waals surface area contributed by atoms with Crippen LogP contribution >= 0.6 is 0 Å². The lowest BCUT2D eigenvalue weighted by atomic mass is 10.1. The number of hydrogen-bond acceptors (Lipinski definition) is 4. The fraction of sp³-hybridized carbons (Fsp3) is 0.421. The van der Waals surface area contributed by atoms with Gasteiger partial charge in [-0.3, -0.25) is 4.79 Å². The van der Waals surface area contributed by atoms with Gasteiger partial charge >= 0.3 is 6.18 Å². The third-order valence-electron chi connectivity index (χ3n) is 4.39. The van der Waals surface area contributed by atoms with Crippen molar-refractivity contribution in [1.82, 2.24) is 9.97 Å². The molecule has 138 valence electrons. The Morgan fingerprint density at radius 2 is 1.73 bits per heavy atom. The Bertz CT molecular complexity index is 778. The molecular formula is C19H20F3N3O. The summed E-state index contributed by atoms with van der Waals surface area (Å²) >= 11 is 0. The molecule has 26 heavy (non-hydrogen) atoms. The summed E-state index contributed by atoms with van der Waals surface area (Å²) in [5, 5.41) is 0. The summed E-state index contributed by atoms with van der Waals surface area (Å²) in [6.07, 6.45) is -1.72. The van der Waals surface area contributed by atoms with Gasteiger partial charge in [-0.25, -0.2) is 9.97 Å². The molecule has 1 aliphatic heterocycles. The van der Waals surface area contributed by atoms with Crippen molar-refractivity contribution < 1.29 is 18.0 Å². The fourth-order valence-electron chi connectivity index (χ4n) is 2.95. The summed E-state index contributed by atoms with van der Waals surface area (Å²) in [7, 11) is 0. The molecule has 0 saturated carbocycles. The minimum absolute atomic E-state index is 0.243. The molecule has 0 atom stereocenters. The third kappa shape index (κ3) is 4.20. The normalized spacial score (nSPS) is 15.4. The first-order valence-corrected chi connectivity index (χ1v) is 8.69. The number of Topliss-reactive ketones (excluding diaryl/α,β-unsaturated/α-hetero) is 1. The lowest BCUT2D eigenvalue weighted by Gasteiger charge is -2.27. The Kier molecular flexibility index (Phi) is 5.25. The lowest BCUT2D eigenvalue weighted by molar-refractivity contribution is -0.137. The van der Waals surface area contributed by atoms with Gasteiger partial charge in [-0.15, -0.1) is 0 Å². The molecule has 0 bridgehead atoms. The first kappa shape index (κ1) is 18.4. The molecule has 1 aromatic carbocycles. The van der Waals surface area contributed by atoms with Crippen LogP contribution in [0.25, 0.3) is 11.4 Å². The van der Waals surface area contributed by atoms with E-state index in [1.54, 1.807) is 0 Å². The number of halogens is 3. The van der Waals surface area contributed by atoms with Gasteiger partial charge in [0.15, 0.2) is 5.82 Å². The van der Waals surface area contributed by atoms with Crippen LogP contribution in [0.15, 0.2) is 30.3 Å². The van der Waals surface area contributed by atoms with Crippen molar-refractivity contribution in [1.29, 1.82) is 0 Å². The highest BCUT2D eigenvalue weighted by Gasteiger charge is 2.30. The number of carbonyl (C=O) groups excluding carboxylic acids is 1. The van der Waals surface area contributed by atoms with Gasteiger partial charge in [0.05, 0.1) is 5.56 Å². The maximum Gasteiger partial charge on any atom is 0.416 e. The fourth-order valence-corrected chi connectivity index (χ4v) is 2.95. The molecule has 3 rings (SSSR count). The number of hydrogen-bond donors (Lipinski definition) is 0. The molecule has 1 aromatic heterocycles. The smallest absolute Gasteiger partial charge is 0.356 e. The number of nitrogens with zero attached hydrogens (tertiary/aromatic N) is 3. The highest BCUT2D eigenvalue weighted by atomic mass is 19.4. The average Bonchev–Trinajstić information content (AvgIpc) is 2.62. The van der Waals surface area contributed by atoms with E-state index in [-0.39, 0.29) is 5.78 Å². The van der Waals surface area contributed by atoms with Crippen molar-refractivity contribution in [3.63, 3.8) is 0 Å². The van der Waals surface area contributed by atoms with E-state index in [0.717, 1.165) is 36.5 Å². The number of aromatic nitrogens is 2. The SMILES string of the molecule is CCCc1cc(N2CCC(=O)CC2)nc(-c2ccc(C(F)(F)F)cc2)n1.